The summed E-state index contributed by atoms with van der Waals surface area (Å²) in [7, 11) is -3.74. The molecule has 8 aromatic carbocycles. The lowest BCUT2D eigenvalue weighted by Crippen LogP contribution is -2.01. The topological polar surface area (TPSA) is 43.0 Å². The average Bonchev–Trinajstić information content (AvgIpc) is 3.94. The predicted molar refractivity (Wildman–Crippen MR) is 219 cm³/mol. The van der Waals surface area contributed by atoms with Gasteiger partial charge in [-0.2, -0.15) is 0 Å². The van der Waals surface area contributed by atoms with E-state index in [4.69, 9.17) is 0 Å². The van der Waals surface area contributed by atoms with E-state index in [1.54, 1.807) is 24.3 Å². The number of rotatable bonds is 4. The quantitative estimate of drug-likeness (QED) is 0.184. The minimum atomic E-state index is -3.74. The van der Waals surface area contributed by atoms with Gasteiger partial charge in [0.15, 0.2) is 0 Å². The summed E-state index contributed by atoms with van der Waals surface area (Å²) in [5.74, 6) is 0. The molecule has 0 radical (unpaired) electrons. The van der Waals surface area contributed by atoms with Gasteiger partial charge in [-0.1, -0.05) is 97.1 Å². The van der Waals surface area contributed by atoms with E-state index >= 15 is 0 Å². The number of hydrogen-bond donors (Lipinski definition) is 0. The Hall–Kier alpha value is -6.69. The molecule has 0 aliphatic carbocycles. The summed E-state index contributed by atoms with van der Waals surface area (Å²) in [6.45, 7) is 0. The summed E-state index contributed by atoms with van der Waals surface area (Å²) < 4.78 is 32.7. The molecule has 4 heterocycles. The lowest BCUT2D eigenvalue weighted by molar-refractivity contribution is 0.596. The second-order valence-electron chi connectivity index (χ2n) is 14.1. The zero-order valence-corrected chi connectivity index (χ0v) is 29.1. The Balaban J connectivity index is 0.928. The molecule has 0 saturated carbocycles. The summed E-state index contributed by atoms with van der Waals surface area (Å²) in [6, 6.07) is 57.8. The molecule has 0 bridgehead atoms. The third kappa shape index (κ3) is 3.81. The highest BCUT2D eigenvalue weighted by molar-refractivity contribution is 7.91. The van der Waals surface area contributed by atoms with E-state index in [1.165, 1.54) is 76.2 Å². The number of fused-ring (bicyclic) bond motifs is 12. The van der Waals surface area contributed by atoms with Crippen LogP contribution in [0.5, 0.6) is 0 Å². The van der Waals surface area contributed by atoms with E-state index in [0.29, 0.717) is 0 Å². The van der Waals surface area contributed by atoms with Crippen LogP contribution in [0.4, 0.5) is 0 Å². The number of aromatic nitrogens is 2. The molecule has 0 fully saturated rings. The van der Waals surface area contributed by atoms with Crippen molar-refractivity contribution in [3.8, 4) is 22.3 Å². The normalized spacial score (nSPS) is 12.7. The Kier molecular flexibility index (Phi) is 5.58. The number of para-hydroxylation sites is 4. The van der Waals surface area contributed by atoms with Gasteiger partial charge in [0.05, 0.1) is 42.9 Å². The van der Waals surface area contributed by atoms with E-state index < -0.39 is 9.84 Å². The van der Waals surface area contributed by atoms with Crippen molar-refractivity contribution in [3.63, 3.8) is 0 Å². The van der Waals surface area contributed by atoms with E-state index in [-0.39, 0.29) is 9.79 Å². The van der Waals surface area contributed by atoms with Crippen LogP contribution in [-0.4, -0.2) is 17.2 Å². The molecule has 0 amide bonds. The summed E-state index contributed by atoms with van der Waals surface area (Å²) in [6.07, 6.45) is 0. The fraction of sp³-hybridized carbons (Fsp3) is 0. The molecule has 0 aliphatic heterocycles. The smallest absolute Gasteiger partial charge is 0.206 e. The van der Waals surface area contributed by atoms with E-state index in [2.05, 4.69) is 130 Å². The Morgan fingerprint density at radius 3 is 0.887 bits per heavy atom. The zero-order valence-electron chi connectivity index (χ0n) is 28.3. The van der Waals surface area contributed by atoms with E-state index in [9.17, 15) is 8.42 Å². The van der Waals surface area contributed by atoms with Crippen LogP contribution in [0, 0.1) is 0 Å². The highest BCUT2D eigenvalue weighted by Gasteiger charge is 2.22. The fourth-order valence-corrected chi connectivity index (χ4v) is 10.3. The largest absolute Gasteiger partial charge is 0.308 e. The maximum absolute atomic E-state index is 14.0. The maximum Gasteiger partial charge on any atom is 0.206 e. The number of hydrogen-bond acceptors (Lipinski definition) is 2. The standard InChI is InChI=1S/C48H28N2O2S/c51-53(52,33-21-17-29(18-22-33)31-25-39-35-9-1-5-13-43(35)49-44-14-6-2-10-36(44)40(26-31)47(39)49)34-23-19-30(20-24-34)32-27-41-37-11-3-7-15-45(37)50-46-16-8-4-12-38(46)42(28-32)48(41)50/h1-28H. The van der Waals surface area contributed by atoms with Crippen LogP contribution < -0.4 is 0 Å². The summed E-state index contributed by atoms with van der Waals surface area (Å²) >= 11 is 0. The lowest BCUT2D eigenvalue weighted by atomic mass is 9.99. The van der Waals surface area contributed by atoms with E-state index in [0.717, 1.165) is 22.3 Å². The number of sulfone groups is 1. The molecular formula is C48H28N2O2S. The van der Waals surface area contributed by atoms with Gasteiger partial charge in [-0.05, 0) is 95.1 Å². The molecule has 5 heteroatoms. The first-order valence-electron chi connectivity index (χ1n) is 17.8. The first kappa shape index (κ1) is 28.9. The third-order valence-corrected chi connectivity index (χ3v) is 13.2. The maximum atomic E-state index is 14.0. The van der Waals surface area contributed by atoms with Crippen molar-refractivity contribution in [2.45, 2.75) is 9.79 Å². The third-order valence-electron chi connectivity index (χ3n) is 11.4. The summed E-state index contributed by atoms with van der Waals surface area (Å²) in [4.78, 5) is 0.557. The average molecular weight is 697 g/mol. The SMILES string of the molecule is O=S(=O)(c1ccc(-c2cc3c4ccccc4n4c5ccccc5c(c2)c34)cc1)c1ccc(-c2cc3c4ccccc4n4c5ccccc5c(c2)c34)cc1. The van der Waals surface area contributed by atoms with Gasteiger partial charge in [0.1, 0.15) is 0 Å². The molecule has 12 aromatic rings. The Labute approximate surface area is 304 Å². The van der Waals surface area contributed by atoms with Crippen molar-refractivity contribution >= 4 is 86.0 Å². The minimum Gasteiger partial charge on any atom is -0.308 e. The van der Waals surface area contributed by atoms with Gasteiger partial charge in [0.25, 0.3) is 0 Å². The molecule has 0 unspecified atom stereocenters. The van der Waals surface area contributed by atoms with Gasteiger partial charge < -0.3 is 8.80 Å². The fourth-order valence-electron chi connectivity index (χ4n) is 9.02. The van der Waals surface area contributed by atoms with Crippen LogP contribution in [0.1, 0.15) is 0 Å². The molecule has 4 nitrogen and oxygen atoms in total. The molecule has 12 rings (SSSR count). The van der Waals surface area contributed by atoms with Gasteiger partial charge in [-0.15, -0.1) is 0 Å². The van der Waals surface area contributed by atoms with Crippen molar-refractivity contribution < 1.29 is 8.42 Å². The lowest BCUT2D eigenvalue weighted by Gasteiger charge is -2.09. The Morgan fingerprint density at radius 1 is 0.302 bits per heavy atom. The van der Waals surface area contributed by atoms with Crippen LogP contribution in [-0.2, 0) is 9.84 Å². The first-order valence-corrected chi connectivity index (χ1v) is 19.3. The van der Waals surface area contributed by atoms with Crippen LogP contribution in [0.25, 0.3) is 98.4 Å². The molecule has 0 atom stereocenters. The van der Waals surface area contributed by atoms with Crippen molar-refractivity contribution in [2.24, 2.45) is 0 Å². The Morgan fingerprint density at radius 2 is 0.585 bits per heavy atom. The predicted octanol–water partition coefficient (Wildman–Crippen LogP) is 12.2. The Bertz CT molecular complexity index is 3160. The van der Waals surface area contributed by atoms with Gasteiger partial charge in [-0.25, -0.2) is 8.42 Å². The van der Waals surface area contributed by atoms with Crippen molar-refractivity contribution in [3.05, 3.63) is 170 Å². The minimum absolute atomic E-state index is 0.278. The van der Waals surface area contributed by atoms with Crippen molar-refractivity contribution in [1.29, 1.82) is 0 Å². The molecule has 248 valence electrons. The van der Waals surface area contributed by atoms with Crippen LogP contribution >= 0.6 is 0 Å². The molecule has 0 aliphatic rings. The van der Waals surface area contributed by atoms with Gasteiger partial charge >= 0.3 is 0 Å². The first-order chi connectivity index (χ1) is 26.0. The summed E-state index contributed by atoms with van der Waals surface area (Å²) in [5, 5.41) is 9.64. The highest BCUT2D eigenvalue weighted by atomic mass is 32.2. The van der Waals surface area contributed by atoms with Gasteiger partial charge in [-0.3, -0.25) is 0 Å². The van der Waals surface area contributed by atoms with Gasteiger partial charge in [0, 0.05) is 43.1 Å². The van der Waals surface area contributed by atoms with Crippen LogP contribution in [0.2, 0.25) is 0 Å². The van der Waals surface area contributed by atoms with Crippen LogP contribution in [0.3, 0.4) is 0 Å². The second kappa shape index (κ2) is 10.2. The van der Waals surface area contributed by atoms with E-state index in [1.807, 2.05) is 24.3 Å². The molecule has 53 heavy (non-hydrogen) atoms. The van der Waals surface area contributed by atoms with Crippen molar-refractivity contribution in [1.82, 2.24) is 8.80 Å². The summed E-state index contributed by atoms with van der Waals surface area (Å²) in [5.41, 5.74) is 11.3. The monoisotopic (exact) mass is 696 g/mol. The molecule has 4 aromatic heterocycles. The molecule has 0 N–H and O–H groups in total. The van der Waals surface area contributed by atoms with Gasteiger partial charge in [0.2, 0.25) is 9.84 Å². The zero-order chi connectivity index (χ0) is 35.0. The number of benzene rings is 8. The molecule has 0 saturated heterocycles. The number of nitrogens with zero attached hydrogens (tertiary/aromatic N) is 2. The molecule has 0 spiro atoms. The highest BCUT2D eigenvalue weighted by Crippen LogP contribution is 2.43. The van der Waals surface area contributed by atoms with Crippen LogP contribution in [0.15, 0.2) is 180 Å². The van der Waals surface area contributed by atoms with Crippen molar-refractivity contribution in [2.75, 3.05) is 0 Å². The molecular weight excluding hydrogens is 669 g/mol. The second-order valence-corrected chi connectivity index (χ2v) is 16.1.